The lowest BCUT2D eigenvalue weighted by Crippen LogP contribution is -2.38. The van der Waals surface area contributed by atoms with E-state index in [1.54, 1.807) is 12.4 Å². The molecule has 1 saturated heterocycles. The van der Waals surface area contributed by atoms with Crippen LogP contribution in [0.3, 0.4) is 0 Å². The van der Waals surface area contributed by atoms with Gasteiger partial charge in [-0.25, -0.2) is 19.3 Å². The zero-order valence-electron chi connectivity index (χ0n) is 21.8. The third-order valence-corrected chi connectivity index (χ3v) is 7.58. The molecule has 9 heteroatoms. The van der Waals surface area contributed by atoms with Crippen molar-refractivity contribution in [2.75, 3.05) is 30.4 Å². The Balaban J connectivity index is 1.31. The Morgan fingerprint density at radius 2 is 2.00 bits per heavy atom. The number of rotatable bonds is 8. The van der Waals surface area contributed by atoms with Crippen molar-refractivity contribution < 1.29 is 13.9 Å². The lowest BCUT2D eigenvalue weighted by atomic mass is 10.0. The van der Waals surface area contributed by atoms with Crippen LogP contribution >= 0.6 is 0 Å². The van der Waals surface area contributed by atoms with Crippen LogP contribution in [-0.2, 0) is 4.79 Å². The number of alkyl halides is 1. The number of benzene rings is 2. The summed E-state index contributed by atoms with van der Waals surface area (Å²) in [6, 6.07) is 15.4. The lowest BCUT2D eigenvalue weighted by Gasteiger charge is -2.23. The number of aromatic nitrogens is 3. The maximum absolute atomic E-state index is 13.5. The number of pyridine rings is 1. The normalized spacial score (nSPS) is 17.9. The minimum atomic E-state index is -0.881. The highest BCUT2D eigenvalue weighted by Crippen LogP contribution is 2.47. The lowest BCUT2D eigenvalue weighted by molar-refractivity contribution is -0.121. The summed E-state index contributed by atoms with van der Waals surface area (Å²) < 4.78 is 20.0. The summed E-state index contributed by atoms with van der Waals surface area (Å²) in [7, 11) is 0. The average molecular weight is 527 g/mol. The molecular weight excluding hydrogens is 495 g/mol. The largest absolute Gasteiger partial charge is 0.437 e. The van der Waals surface area contributed by atoms with Gasteiger partial charge in [-0.3, -0.25) is 4.79 Å². The van der Waals surface area contributed by atoms with Gasteiger partial charge in [-0.1, -0.05) is 24.3 Å². The molecule has 4 aromatic rings. The molecule has 39 heavy (non-hydrogen) atoms. The molecule has 2 fully saturated rings. The number of hydrogen-bond acceptors (Lipinski definition) is 7. The zero-order valence-corrected chi connectivity index (χ0v) is 21.8. The van der Waals surface area contributed by atoms with Crippen molar-refractivity contribution in [3.63, 3.8) is 0 Å². The summed E-state index contributed by atoms with van der Waals surface area (Å²) in [4.78, 5) is 26.5. The summed E-state index contributed by atoms with van der Waals surface area (Å²) in [6.07, 6.45) is 6.76. The van der Waals surface area contributed by atoms with Gasteiger partial charge in [0.25, 0.3) is 0 Å². The van der Waals surface area contributed by atoms with Crippen LogP contribution < -0.4 is 20.7 Å². The summed E-state index contributed by atoms with van der Waals surface area (Å²) in [5.41, 5.74) is 2.11. The molecule has 0 spiro atoms. The molecular formula is C30H31FN6O2. The van der Waals surface area contributed by atoms with E-state index in [2.05, 4.69) is 25.9 Å². The fourth-order valence-corrected chi connectivity index (χ4v) is 5.01. The molecule has 1 aliphatic heterocycles. The third-order valence-electron chi connectivity index (χ3n) is 7.58. The van der Waals surface area contributed by atoms with E-state index in [1.165, 1.54) is 0 Å². The Morgan fingerprint density at radius 1 is 1.10 bits per heavy atom. The topological polar surface area (TPSA) is 101 Å². The number of carbonyl (C=O) groups is 1. The van der Waals surface area contributed by atoms with Gasteiger partial charge in [-0.15, -0.1) is 0 Å². The SMILES string of the molecule is Cc1ccc2c(NC(=O)C3(CF)CC3)cccc2c1Oc1ncccc1-c1ccnc(NC2CCCNC2)n1. The molecule has 200 valence electrons. The fourth-order valence-electron chi connectivity index (χ4n) is 5.01. The molecule has 1 aliphatic carbocycles. The van der Waals surface area contributed by atoms with Crippen LogP contribution in [0, 0.1) is 12.3 Å². The molecule has 0 bridgehead atoms. The molecule has 3 N–H and O–H groups in total. The van der Waals surface area contributed by atoms with Crippen LogP contribution in [0.5, 0.6) is 11.6 Å². The Morgan fingerprint density at radius 3 is 2.79 bits per heavy atom. The van der Waals surface area contributed by atoms with Crippen molar-refractivity contribution >= 4 is 28.3 Å². The molecule has 8 nitrogen and oxygen atoms in total. The van der Waals surface area contributed by atoms with E-state index in [9.17, 15) is 9.18 Å². The highest BCUT2D eigenvalue weighted by molar-refractivity contribution is 6.06. The van der Waals surface area contributed by atoms with Crippen molar-refractivity contribution in [3.05, 3.63) is 66.5 Å². The van der Waals surface area contributed by atoms with Crippen molar-refractivity contribution in [2.24, 2.45) is 5.41 Å². The van der Waals surface area contributed by atoms with Gasteiger partial charge in [0, 0.05) is 41.4 Å². The number of aryl methyl sites for hydroxylation is 1. The van der Waals surface area contributed by atoms with Gasteiger partial charge < -0.3 is 20.7 Å². The first kappa shape index (κ1) is 25.2. The first-order chi connectivity index (χ1) is 19.1. The fraction of sp³-hybridized carbons (Fsp3) is 0.333. The van der Waals surface area contributed by atoms with Gasteiger partial charge in [0.1, 0.15) is 12.4 Å². The van der Waals surface area contributed by atoms with Gasteiger partial charge >= 0.3 is 0 Å². The first-order valence-electron chi connectivity index (χ1n) is 13.4. The predicted molar refractivity (Wildman–Crippen MR) is 150 cm³/mol. The number of nitrogens with zero attached hydrogens (tertiary/aromatic N) is 3. The Kier molecular flexibility index (Phi) is 6.83. The zero-order chi connectivity index (χ0) is 26.8. The molecule has 1 amide bonds. The number of anilines is 2. The Hall–Kier alpha value is -4.11. The van der Waals surface area contributed by atoms with E-state index in [4.69, 9.17) is 9.72 Å². The van der Waals surface area contributed by atoms with Crippen molar-refractivity contribution in [3.8, 4) is 22.9 Å². The molecule has 6 rings (SSSR count). The second-order valence-corrected chi connectivity index (χ2v) is 10.4. The number of amides is 1. The number of piperidine rings is 1. The monoisotopic (exact) mass is 526 g/mol. The van der Waals surface area contributed by atoms with Crippen molar-refractivity contribution in [1.29, 1.82) is 0 Å². The smallest absolute Gasteiger partial charge is 0.233 e. The molecule has 3 heterocycles. The van der Waals surface area contributed by atoms with Crippen LogP contribution in [0.1, 0.15) is 31.2 Å². The van der Waals surface area contributed by atoms with Gasteiger partial charge in [0.15, 0.2) is 0 Å². The first-order valence-corrected chi connectivity index (χ1v) is 13.4. The molecule has 2 aromatic carbocycles. The number of nitrogens with one attached hydrogen (secondary N) is 3. The van der Waals surface area contributed by atoms with E-state index in [0.717, 1.165) is 47.8 Å². The minimum absolute atomic E-state index is 0.273. The molecule has 1 unspecified atom stereocenters. The molecule has 0 radical (unpaired) electrons. The van der Waals surface area contributed by atoms with Gasteiger partial charge in [-0.05, 0) is 69.0 Å². The van der Waals surface area contributed by atoms with Crippen LogP contribution in [0.4, 0.5) is 16.0 Å². The summed E-state index contributed by atoms with van der Waals surface area (Å²) in [5.74, 6) is 1.35. The van der Waals surface area contributed by atoms with Crippen molar-refractivity contribution in [2.45, 2.75) is 38.6 Å². The van der Waals surface area contributed by atoms with Gasteiger partial charge in [0.2, 0.25) is 17.7 Å². The van der Waals surface area contributed by atoms with Crippen LogP contribution in [0.25, 0.3) is 22.0 Å². The van der Waals surface area contributed by atoms with E-state index in [1.807, 2.05) is 55.5 Å². The van der Waals surface area contributed by atoms with E-state index < -0.39 is 12.1 Å². The number of carbonyl (C=O) groups excluding carboxylic acids is 1. The number of hydrogen-bond donors (Lipinski definition) is 3. The maximum atomic E-state index is 13.5. The van der Waals surface area contributed by atoms with Crippen LogP contribution in [0.15, 0.2) is 60.9 Å². The molecule has 2 aromatic heterocycles. The maximum Gasteiger partial charge on any atom is 0.233 e. The Bertz CT molecular complexity index is 1520. The minimum Gasteiger partial charge on any atom is -0.437 e. The van der Waals surface area contributed by atoms with E-state index in [0.29, 0.717) is 41.8 Å². The number of halogens is 1. The summed E-state index contributed by atoms with van der Waals surface area (Å²) in [6.45, 7) is 3.24. The van der Waals surface area contributed by atoms with Crippen molar-refractivity contribution in [1.82, 2.24) is 20.3 Å². The molecule has 1 saturated carbocycles. The quantitative estimate of drug-likeness (QED) is 0.273. The Labute approximate surface area is 226 Å². The second-order valence-electron chi connectivity index (χ2n) is 10.4. The van der Waals surface area contributed by atoms with Crippen LogP contribution in [0.2, 0.25) is 0 Å². The average Bonchev–Trinajstić information content (AvgIpc) is 3.77. The van der Waals surface area contributed by atoms with Gasteiger partial charge in [-0.2, -0.15) is 0 Å². The number of fused-ring (bicyclic) bond motifs is 1. The highest BCUT2D eigenvalue weighted by Gasteiger charge is 2.50. The van der Waals surface area contributed by atoms with E-state index >= 15 is 0 Å². The number of ether oxygens (including phenoxy) is 1. The van der Waals surface area contributed by atoms with Gasteiger partial charge in [0.05, 0.1) is 16.7 Å². The predicted octanol–water partition coefficient (Wildman–Crippen LogP) is 5.64. The summed E-state index contributed by atoms with van der Waals surface area (Å²) >= 11 is 0. The van der Waals surface area contributed by atoms with E-state index in [-0.39, 0.29) is 11.9 Å². The molecule has 1 atom stereocenters. The third kappa shape index (κ3) is 5.14. The molecule has 2 aliphatic rings. The highest BCUT2D eigenvalue weighted by atomic mass is 19.1. The van der Waals surface area contributed by atoms with Crippen LogP contribution in [-0.4, -0.2) is 46.7 Å². The summed E-state index contributed by atoms with van der Waals surface area (Å²) in [5, 5.41) is 11.4. The second kappa shape index (κ2) is 10.6. The standard InChI is InChI=1S/C30H31FN6O2/c1-19-9-10-21-22(6-2-8-24(21)36-28(38)30(18-31)12-13-30)26(19)39-27-23(7-4-15-33-27)25-11-16-34-29(37-25)35-20-5-3-14-32-17-20/h2,4,6-11,15-16,20,32H,3,5,12-14,17-18H2,1H3,(H,36,38)(H,34,35,37).